The summed E-state index contributed by atoms with van der Waals surface area (Å²) in [4.78, 5) is 20.2. The predicted molar refractivity (Wildman–Crippen MR) is 80.8 cm³/mol. The molecule has 0 radical (unpaired) electrons. The van der Waals surface area contributed by atoms with Crippen molar-refractivity contribution >= 4 is 35.1 Å². The Balaban J connectivity index is 2.52. The quantitative estimate of drug-likeness (QED) is 0.287. The summed E-state index contributed by atoms with van der Waals surface area (Å²) in [5.41, 5.74) is 4.33. The van der Waals surface area contributed by atoms with Gasteiger partial charge in [0.05, 0.1) is 5.75 Å². The lowest BCUT2D eigenvalue weighted by Crippen LogP contribution is -2.20. The summed E-state index contributed by atoms with van der Waals surface area (Å²) in [5.74, 6) is 0.171. The van der Waals surface area contributed by atoms with Crippen molar-refractivity contribution in [3.05, 3.63) is 11.8 Å². The van der Waals surface area contributed by atoms with Crippen molar-refractivity contribution in [1.29, 1.82) is 0 Å². The van der Waals surface area contributed by atoms with Crippen LogP contribution in [-0.2, 0) is 4.79 Å². The third-order valence-electron chi connectivity index (χ3n) is 2.23. The van der Waals surface area contributed by atoms with Crippen molar-refractivity contribution in [2.45, 2.75) is 37.4 Å². The van der Waals surface area contributed by atoms with E-state index in [1.54, 1.807) is 0 Å². The van der Waals surface area contributed by atoms with E-state index in [1.165, 1.54) is 23.5 Å². The number of hydrazone groups is 1. The topological polar surface area (TPSA) is 67.2 Å². The molecule has 104 valence electrons. The van der Waals surface area contributed by atoms with Crippen LogP contribution in [0.25, 0.3) is 0 Å². The van der Waals surface area contributed by atoms with Crippen LogP contribution in [0.5, 0.6) is 0 Å². The van der Waals surface area contributed by atoms with Gasteiger partial charge in [-0.2, -0.15) is 5.10 Å². The van der Waals surface area contributed by atoms with Crippen molar-refractivity contribution in [2.75, 3.05) is 12.0 Å². The minimum absolute atomic E-state index is 0.125. The summed E-state index contributed by atoms with van der Waals surface area (Å²) in [6, 6.07) is 1.87. The average molecular weight is 298 g/mol. The highest BCUT2D eigenvalue weighted by atomic mass is 32.2. The molecule has 0 aromatic carbocycles. The summed E-state index contributed by atoms with van der Waals surface area (Å²) in [6.07, 6.45) is 2.76. The SMILES string of the molecule is CCC(C)=NNC(=O)CSc1cc(C)nc(SC)n1. The van der Waals surface area contributed by atoms with Gasteiger partial charge in [0.1, 0.15) is 5.03 Å². The predicted octanol–water partition coefficient (Wildman–Crippen LogP) is 2.50. The molecule has 1 heterocycles. The molecular weight excluding hydrogens is 280 g/mol. The van der Waals surface area contributed by atoms with Crippen molar-refractivity contribution in [3.63, 3.8) is 0 Å². The molecule has 0 aliphatic heterocycles. The minimum atomic E-state index is -0.125. The third-order valence-corrected chi connectivity index (χ3v) is 3.69. The zero-order chi connectivity index (χ0) is 14.3. The van der Waals surface area contributed by atoms with Crippen molar-refractivity contribution < 1.29 is 4.79 Å². The highest BCUT2D eigenvalue weighted by Gasteiger charge is 2.06. The van der Waals surface area contributed by atoms with Gasteiger partial charge >= 0.3 is 0 Å². The second kappa shape index (κ2) is 8.16. The Morgan fingerprint density at radius 2 is 2.21 bits per heavy atom. The number of nitrogens with zero attached hydrogens (tertiary/aromatic N) is 3. The Labute approximate surface area is 122 Å². The monoisotopic (exact) mass is 298 g/mol. The molecule has 0 saturated heterocycles. The molecular formula is C12H18N4OS2. The first-order chi connectivity index (χ1) is 9.05. The lowest BCUT2D eigenvalue weighted by molar-refractivity contribution is -0.118. The number of nitrogens with one attached hydrogen (secondary N) is 1. The van der Waals surface area contributed by atoms with Gasteiger partial charge in [-0.25, -0.2) is 15.4 Å². The number of rotatable bonds is 6. The van der Waals surface area contributed by atoms with Crippen LogP contribution >= 0.6 is 23.5 Å². The first-order valence-corrected chi connectivity index (χ1v) is 8.10. The molecule has 19 heavy (non-hydrogen) atoms. The number of carbonyl (C=O) groups is 1. The number of hydrogen-bond donors (Lipinski definition) is 1. The van der Waals surface area contributed by atoms with Crippen LogP contribution in [0.15, 0.2) is 21.4 Å². The summed E-state index contributed by atoms with van der Waals surface area (Å²) >= 11 is 2.88. The van der Waals surface area contributed by atoms with Crippen LogP contribution in [0.4, 0.5) is 0 Å². The van der Waals surface area contributed by atoms with Crippen LogP contribution in [-0.4, -0.2) is 33.6 Å². The van der Waals surface area contributed by atoms with E-state index in [0.29, 0.717) is 5.75 Å². The summed E-state index contributed by atoms with van der Waals surface area (Å²) in [6.45, 7) is 5.79. The number of aryl methyl sites for hydroxylation is 1. The fourth-order valence-electron chi connectivity index (χ4n) is 1.09. The zero-order valence-electron chi connectivity index (χ0n) is 11.6. The largest absolute Gasteiger partial charge is 0.272 e. The minimum Gasteiger partial charge on any atom is -0.272 e. The van der Waals surface area contributed by atoms with Crippen molar-refractivity contribution in [1.82, 2.24) is 15.4 Å². The zero-order valence-corrected chi connectivity index (χ0v) is 13.2. The molecule has 0 aliphatic rings. The molecule has 1 aromatic rings. The van der Waals surface area contributed by atoms with Gasteiger partial charge in [0.2, 0.25) is 5.91 Å². The molecule has 5 nitrogen and oxygen atoms in total. The Kier molecular flexibility index (Phi) is 6.86. The van der Waals surface area contributed by atoms with E-state index in [0.717, 1.165) is 28.0 Å². The highest BCUT2D eigenvalue weighted by molar-refractivity contribution is 8.00. The maximum atomic E-state index is 11.6. The number of amides is 1. The van der Waals surface area contributed by atoms with Crippen molar-refractivity contribution in [2.24, 2.45) is 5.10 Å². The highest BCUT2D eigenvalue weighted by Crippen LogP contribution is 2.19. The van der Waals surface area contributed by atoms with Gasteiger partial charge in [-0.1, -0.05) is 30.4 Å². The molecule has 1 amide bonds. The van der Waals surface area contributed by atoms with Crippen LogP contribution in [0.1, 0.15) is 26.0 Å². The summed E-state index contributed by atoms with van der Waals surface area (Å²) in [7, 11) is 0. The van der Waals surface area contributed by atoms with Gasteiger partial charge in [0.15, 0.2) is 5.16 Å². The van der Waals surface area contributed by atoms with Crippen LogP contribution in [0.2, 0.25) is 0 Å². The maximum absolute atomic E-state index is 11.6. The number of carbonyl (C=O) groups excluding carboxylic acids is 1. The molecule has 1 rings (SSSR count). The van der Waals surface area contributed by atoms with Crippen molar-refractivity contribution in [3.8, 4) is 0 Å². The number of hydrogen-bond acceptors (Lipinski definition) is 6. The van der Waals surface area contributed by atoms with E-state index in [2.05, 4.69) is 20.5 Å². The first kappa shape index (κ1) is 16.0. The van der Waals surface area contributed by atoms with Gasteiger partial charge in [-0.15, -0.1) is 0 Å². The van der Waals surface area contributed by atoms with Crippen LogP contribution < -0.4 is 5.43 Å². The lowest BCUT2D eigenvalue weighted by atomic mass is 10.3. The molecule has 0 spiro atoms. The Hall–Kier alpha value is -1.08. The van der Waals surface area contributed by atoms with Crippen LogP contribution in [0, 0.1) is 6.92 Å². The molecule has 0 fully saturated rings. The second-order valence-corrected chi connectivity index (χ2v) is 5.63. The summed E-state index contributed by atoms with van der Waals surface area (Å²) < 4.78 is 0. The van der Waals surface area contributed by atoms with E-state index in [9.17, 15) is 4.79 Å². The molecule has 1 N–H and O–H groups in total. The van der Waals surface area contributed by atoms with E-state index in [1.807, 2.05) is 33.1 Å². The normalized spacial score (nSPS) is 11.5. The molecule has 0 unspecified atom stereocenters. The van der Waals surface area contributed by atoms with E-state index in [-0.39, 0.29) is 5.91 Å². The van der Waals surface area contributed by atoms with Gasteiger partial charge in [-0.05, 0) is 32.6 Å². The van der Waals surface area contributed by atoms with Gasteiger partial charge < -0.3 is 0 Å². The van der Waals surface area contributed by atoms with E-state index in [4.69, 9.17) is 0 Å². The molecule has 7 heteroatoms. The Morgan fingerprint density at radius 1 is 1.47 bits per heavy atom. The number of thioether (sulfide) groups is 2. The van der Waals surface area contributed by atoms with E-state index >= 15 is 0 Å². The molecule has 0 saturated carbocycles. The van der Waals surface area contributed by atoms with Gasteiger partial charge in [-0.3, -0.25) is 4.79 Å². The molecule has 0 aliphatic carbocycles. The smallest absolute Gasteiger partial charge is 0.250 e. The molecule has 1 aromatic heterocycles. The summed E-state index contributed by atoms with van der Waals surface area (Å²) in [5, 5.41) is 5.51. The Bertz CT molecular complexity index is 477. The van der Waals surface area contributed by atoms with E-state index < -0.39 is 0 Å². The third kappa shape index (κ3) is 6.07. The second-order valence-electron chi connectivity index (χ2n) is 3.86. The standard InChI is InChI=1S/C12H18N4OS2/c1-5-8(2)15-16-10(17)7-19-11-6-9(3)13-12(14-11)18-4/h6H,5,7H2,1-4H3,(H,16,17). The fraction of sp³-hybridized carbons (Fsp3) is 0.500. The average Bonchev–Trinajstić information content (AvgIpc) is 2.41. The lowest BCUT2D eigenvalue weighted by Gasteiger charge is -2.04. The maximum Gasteiger partial charge on any atom is 0.250 e. The Morgan fingerprint density at radius 3 is 2.84 bits per heavy atom. The number of aromatic nitrogens is 2. The van der Waals surface area contributed by atoms with Crippen LogP contribution in [0.3, 0.4) is 0 Å². The first-order valence-electron chi connectivity index (χ1n) is 5.89. The van der Waals surface area contributed by atoms with Gasteiger partial charge in [0.25, 0.3) is 0 Å². The van der Waals surface area contributed by atoms with Gasteiger partial charge in [0, 0.05) is 11.4 Å². The molecule has 0 bridgehead atoms. The fourth-order valence-corrected chi connectivity index (χ4v) is 2.32. The molecule has 0 atom stereocenters.